The lowest BCUT2D eigenvalue weighted by atomic mass is 10.00. The highest BCUT2D eigenvalue weighted by Gasteiger charge is 2.35. The molecule has 2 amide bonds. The van der Waals surface area contributed by atoms with E-state index in [9.17, 15) is 18.0 Å². The Hall–Kier alpha value is -3.65. The molecule has 0 saturated carbocycles. The van der Waals surface area contributed by atoms with E-state index in [1.54, 1.807) is 0 Å². The van der Waals surface area contributed by atoms with Crippen molar-refractivity contribution in [3.63, 3.8) is 0 Å². The van der Waals surface area contributed by atoms with Crippen molar-refractivity contribution in [2.75, 3.05) is 17.1 Å². The summed E-state index contributed by atoms with van der Waals surface area (Å²) in [6.45, 7) is 11.0. The molecular formula is C32H41N3O4S. The first-order chi connectivity index (χ1) is 18.7. The van der Waals surface area contributed by atoms with E-state index in [1.807, 2.05) is 114 Å². The van der Waals surface area contributed by atoms with Gasteiger partial charge in [-0.3, -0.25) is 13.9 Å². The Kier molecular flexibility index (Phi) is 9.79. The molecule has 0 radical (unpaired) electrons. The summed E-state index contributed by atoms with van der Waals surface area (Å²) in [4.78, 5) is 29.6. The first kappa shape index (κ1) is 30.9. The van der Waals surface area contributed by atoms with E-state index in [0.717, 1.165) is 38.4 Å². The summed E-state index contributed by atoms with van der Waals surface area (Å²) in [6, 6.07) is 21.9. The molecule has 1 atom stereocenters. The lowest BCUT2D eigenvalue weighted by Gasteiger charge is -2.35. The van der Waals surface area contributed by atoms with Crippen LogP contribution in [0.5, 0.6) is 0 Å². The van der Waals surface area contributed by atoms with E-state index in [2.05, 4.69) is 5.32 Å². The van der Waals surface area contributed by atoms with Gasteiger partial charge < -0.3 is 10.2 Å². The molecule has 0 spiro atoms. The van der Waals surface area contributed by atoms with Gasteiger partial charge in [0.15, 0.2) is 0 Å². The van der Waals surface area contributed by atoms with E-state index >= 15 is 0 Å². The zero-order valence-electron chi connectivity index (χ0n) is 24.6. The topological polar surface area (TPSA) is 86.8 Å². The van der Waals surface area contributed by atoms with Crippen LogP contribution in [-0.4, -0.2) is 49.5 Å². The quantitative estimate of drug-likeness (QED) is 0.379. The maximum atomic E-state index is 14.3. The molecule has 1 unspecified atom stereocenters. The molecule has 3 aromatic rings. The van der Waals surface area contributed by atoms with Gasteiger partial charge in [-0.15, -0.1) is 0 Å². The Labute approximate surface area is 239 Å². The van der Waals surface area contributed by atoms with Gasteiger partial charge in [0.1, 0.15) is 12.6 Å². The monoisotopic (exact) mass is 563 g/mol. The number of nitrogens with zero attached hydrogens (tertiary/aromatic N) is 2. The highest BCUT2D eigenvalue weighted by molar-refractivity contribution is 7.92. The van der Waals surface area contributed by atoms with Crippen molar-refractivity contribution in [3.8, 4) is 0 Å². The number of amides is 2. The van der Waals surface area contributed by atoms with Crippen molar-refractivity contribution < 1.29 is 18.0 Å². The van der Waals surface area contributed by atoms with Crippen LogP contribution >= 0.6 is 0 Å². The van der Waals surface area contributed by atoms with Crippen LogP contribution < -0.4 is 9.62 Å². The summed E-state index contributed by atoms with van der Waals surface area (Å²) in [6.07, 6.45) is 1.38. The minimum absolute atomic E-state index is 0.158. The van der Waals surface area contributed by atoms with Crippen molar-refractivity contribution in [2.45, 2.75) is 66.1 Å². The molecule has 7 nitrogen and oxygen atoms in total. The molecule has 0 aliphatic carbocycles. The molecule has 0 aliphatic rings. The van der Waals surface area contributed by atoms with Crippen LogP contribution in [0.1, 0.15) is 48.6 Å². The number of hydrogen-bond acceptors (Lipinski definition) is 4. The van der Waals surface area contributed by atoms with E-state index in [-0.39, 0.29) is 18.9 Å². The molecule has 3 rings (SSSR count). The highest BCUT2D eigenvalue weighted by atomic mass is 32.2. The fourth-order valence-electron chi connectivity index (χ4n) is 4.75. The van der Waals surface area contributed by atoms with Gasteiger partial charge >= 0.3 is 0 Å². The first-order valence-electron chi connectivity index (χ1n) is 13.4. The van der Waals surface area contributed by atoms with Crippen molar-refractivity contribution in [1.82, 2.24) is 10.2 Å². The normalized spacial score (nSPS) is 12.5. The number of aryl methyl sites for hydroxylation is 3. The first-order valence-corrected chi connectivity index (χ1v) is 15.3. The third-order valence-electron chi connectivity index (χ3n) is 6.74. The molecule has 1 N–H and O–H groups in total. The zero-order chi connectivity index (χ0) is 29.7. The van der Waals surface area contributed by atoms with Crippen molar-refractivity contribution >= 4 is 27.5 Å². The maximum Gasteiger partial charge on any atom is 0.244 e. The Morgan fingerprint density at radius 1 is 0.825 bits per heavy atom. The van der Waals surface area contributed by atoms with Crippen LogP contribution in [-0.2, 0) is 32.6 Å². The van der Waals surface area contributed by atoms with Crippen LogP contribution in [0.15, 0.2) is 72.8 Å². The average Bonchev–Trinajstić information content (AvgIpc) is 2.85. The number of carbonyl (C=O) groups is 2. The van der Waals surface area contributed by atoms with Crippen LogP contribution in [0.4, 0.5) is 5.69 Å². The summed E-state index contributed by atoms with van der Waals surface area (Å²) in [7, 11) is -3.82. The van der Waals surface area contributed by atoms with Crippen molar-refractivity contribution in [1.29, 1.82) is 0 Å². The standard InChI is InChI=1S/C32H41N3O4S/c1-23-14-11-12-19-27(23)21-34(28(31(37)33-32(4,5)6)20-26-17-9-8-10-18-26)29(36)22-35(40(7,38)39)30-24(2)15-13-16-25(30)3/h8-19,28H,20-22H2,1-7H3,(H,33,37). The molecule has 214 valence electrons. The summed E-state index contributed by atoms with van der Waals surface area (Å²) >= 11 is 0. The fraction of sp³-hybridized carbons (Fsp3) is 0.375. The third-order valence-corrected chi connectivity index (χ3v) is 7.85. The second-order valence-electron chi connectivity index (χ2n) is 11.4. The summed E-state index contributed by atoms with van der Waals surface area (Å²) in [5.41, 5.74) is 4.20. The number of benzene rings is 3. The van der Waals surface area contributed by atoms with E-state index in [0.29, 0.717) is 5.69 Å². The van der Waals surface area contributed by atoms with Gasteiger partial charge in [0.05, 0.1) is 11.9 Å². The number of carbonyl (C=O) groups excluding carboxylic acids is 2. The van der Waals surface area contributed by atoms with E-state index < -0.39 is 34.1 Å². The second kappa shape index (κ2) is 12.7. The van der Waals surface area contributed by atoms with Crippen LogP contribution in [0.3, 0.4) is 0 Å². The minimum Gasteiger partial charge on any atom is -0.350 e. The number of rotatable bonds is 10. The van der Waals surface area contributed by atoms with Crippen LogP contribution in [0.2, 0.25) is 0 Å². The molecule has 0 aliphatic heterocycles. The van der Waals surface area contributed by atoms with Crippen LogP contribution in [0.25, 0.3) is 0 Å². The molecule has 3 aromatic carbocycles. The van der Waals surface area contributed by atoms with Crippen molar-refractivity contribution in [3.05, 3.63) is 101 Å². The molecule has 0 bridgehead atoms. The number of sulfonamides is 1. The van der Waals surface area contributed by atoms with Gasteiger partial charge in [0.2, 0.25) is 21.8 Å². The van der Waals surface area contributed by atoms with Crippen molar-refractivity contribution in [2.24, 2.45) is 0 Å². The Bertz CT molecular complexity index is 1430. The largest absolute Gasteiger partial charge is 0.350 e. The fourth-order valence-corrected chi connectivity index (χ4v) is 5.72. The summed E-state index contributed by atoms with van der Waals surface area (Å²) in [5.74, 6) is -0.752. The highest BCUT2D eigenvalue weighted by Crippen LogP contribution is 2.27. The number of hydrogen-bond donors (Lipinski definition) is 1. The van der Waals surface area contributed by atoms with Gasteiger partial charge in [0, 0.05) is 18.5 Å². The molecular weight excluding hydrogens is 522 g/mol. The SMILES string of the molecule is Cc1ccccc1CN(C(=O)CN(c1c(C)cccc1C)S(C)(=O)=O)C(Cc1ccccc1)C(=O)NC(C)(C)C. The molecule has 0 heterocycles. The number of nitrogens with one attached hydrogen (secondary N) is 1. The smallest absolute Gasteiger partial charge is 0.244 e. The third kappa shape index (κ3) is 8.18. The molecule has 0 fully saturated rings. The Balaban J connectivity index is 2.12. The Morgan fingerprint density at radius 2 is 1.38 bits per heavy atom. The van der Waals surface area contributed by atoms with Gasteiger partial charge in [-0.1, -0.05) is 72.8 Å². The van der Waals surface area contributed by atoms with Gasteiger partial charge in [-0.25, -0.2) is 8.42 Å². The van der Waals surface area contributed by atoms with Gasteiger partial charge in [-0.2, -0.15) is 0 Å². The molecule has 0 saturated heterocycles. The van der Waals surface area contributed by atoms with Gasteiger partial charge in [-0.05, 0) is 69.4 Å². The van der Waals surface area contributed by atoms with E-state index in [1.165, 1.54) is 4.90 Å². The summed E-state index contributed by atoms with van der Waals surface area (Å²) < 4.78 is 27.3. The minimum atomic E-state index is -3.82. The Morgan fingerprint density at radius 3 is 1.93 bits per heavy atom. The van der Waals surface area contributed by atoms with Gasteiger partial charge in [0.25, 0.3) is 0 Å². The molecule has 8 heteroatoms. The van der Waals surface area contributed by atoms with Crippen LogP contribution in [0, 0.1) is 20.8 Å². The zero-order valence-corrected chi connectivity index (χ0v) is 25.4. The number of anilines is 1. The van der Waals surface area contributed by atoms with E-state index in [4.69, 9.17) is 0 Å². The maximum absolute atomic E-state index is 14.3. The molecule has 0 aromatic heterocycles. The second-order valence-corrected chi connectivity index (χ2v) is 13.3. The number of para-hydroxylation sites is 1. The lowest BCUT2D eigenvalue weighted by molar-refractivity contribution is -0.140. The lowest BCUT2D eigenvalue weighted by Crippen LogP contribution is -2.56. The summed E-state index contributed by atoms with van der Waals surface area (Å²) in [5, 5.41) is 3.04. The average molecular weight is 564 g/mol. The predicted molar refractivity (Wildman–Crippen MR) is 162 cm³/mol. The predicted octanol–water partition coefficient (Wildman–Crippen LogP) is 4.93. The molecule has 40 heavy (non-hydrogen) atoms.